The molecule has 4 nitrogen and oxygen atoms in total. The summed E-state index contributed by atoms with van der Waals surface area (Å²) < 4.78 is 27.5. The van der Waals surface area contributed by atoms with Gasteiger partial charge in [0.15, 0.2) is 11.6 Å². The highest BCUT2D eigenvalue weighted by Crippen LogP contribution is 2.17. The molecule has 2 aromatic rings. The molecule has 1 aromatic carbocycles. The number of rotatable bonds is 3. The molecule has 0 atom stereocenters. The molecule has 0 aliphatic heterocycles. The molecule has 0 aliphatic rings. The Balaban J connectivity index is 2.27. The second-order valence-electron chi connectivity index (χ2n) is 3.61. The Morgan fingerprint density at radius 1 is 1.44 bits per heavy atom. The Hall–Kier alpha value is -2.42. The summed E-state index contributed by atoms with van der Waals surface area (Å²) >= 11 is 0. The minimum atomic E-state index is -0.978. The van der Waals surface area contributed by atoms with Crippen LogP contribution in [0.1, 0.15) is 0 Å². The van der Waals surface area contributed by atoms with Gasteiger partial charge < -0.3 is 9.88 Å². The predicted molar refractivity (Wildman–Crippen MR) is 61.5 cm³/mol. The van der Waals surface area contributed by atoms with Gasteiger partial charge in [-0.25, -0.2) is 13.8 Å². The molecule has 92 valence electrons. The highest BCUT2D eigenvalue weighted by molar-refractivity contribution is 5.80. The summed E-state index contributed by atoms with van der Waals surface area (Å²) in [5.41, 5.74) is 0.642. The molecule has 0 fully saturated rings. The van der Waals surface area contributed by atoms with Crippen molar-refractivity contribution in [3.8, 4) is 12.3 Å². The fourth-order valence-corrected chi connectivity index (χ4v) is 1.54. The third-order valence-electron chi connectivity index (χ3n) is 2.36. The van der Waals surface area contributed by atoms with Crippen LogP contribution in [0.5, 0.6) is 0 Å². The van der Waals surface area contributed by atoms with Crippen LogP contribution in [-0.4, -0.2) is 22.0 Å². The summed E-state index contributed by atoms with van der Waals surface area (Å²) in [5, 5.41) is 2.47. The zero-order valence-electron chi connectivity index (χ0n) is 9.28. The second kappa shape index (κ2) is 4.84. The van der Waals surface area contributed by atoms with Crippen molar-refractivity contribution in [1.82, 2.24) is 14.9 Å². The van der Waals surface area contributed by atoms with Crippen molar-refractivity contribution in [3.05, 3.63) is 30.1 Å². The number of aromatic nitrogens is 2. The highest BCUT2D eigenvalue weighted by Gasteiger charge is 2.10. The number of fused-ring (bicyclic) bond motifs is 1. The van der Waals surface area contributed by atoms with Crippen LogP contribution in [0.4, 0.5) is 8.78 Å². The van der Waals surface area contributed by atoms with E-state index in [0.29, 0.717) is 11.0 Å². The van der Waals surface area contributed by atoms with Crippen LogP contribution < -0.4 is 5.32 Å². The molecule has 1 aromatic heterocycles. The molecule has 0 saturated heterocycles. The maximum absolute atomic E-state index is 13.1. The van der Waals surface area contributed by atoms with Gasteiger partial charge in [0, 0.05) is 12.1 Å². The lowest BCUT2D eigenvalue weighted by molar-refractivity contribution is -0.121. The first-order chi connectivity index (χ1) is 8.61. The van der Waals surface area contributed by atoms with Crippen molar-refractivity contribution in [2.45, 2.75) is 6.54 Å². The Morgan fingerprint density at radius 3 is 2.89 bits per heavy atom. The number of hydrogen-bond donors (Lipinski definition) is 1. The largest absolute Gasteiger partial charge is 0.344 e. The Kier molecular flexibility index (Phi) is 3.24. The van der Waals surface area contributed by atoms with Gasteiger partial charge in [-0.3, -0.25) is 4.79 Å². The number of nitrogens with zero attached hydrogens (tertiary/aromatic N) is 2. The summed E-state index contributed by atoms with van der Waals surface area (Å²) in [7, 11) is 0. The third kappa shape index (κ3) is 2.30. The van der Waals surface area contributed by atoms with Crippen molar-refractivity contribution in [2.24, 2.45) is 0 Å². The quantitative estimate of drug-likeness (QED) is 0.827. The first-order valence-corrected chi connectivity index (χ1v) is 5.12. The predicted octanol–water partition coefficient (Wildman–Crippen LogP) is 1.06. The fraction of sp³-hybridized carbons (Fsp3) is 0.167. The van der Waals surface area contributed by atoms with E-state index in [-0.39, 0.29) is 19.0 Å². The van der Waals surface area contributed by atoms with E-state index in [4.69, 9.17) is 6.42 Å². The van der Waals surface area contributed by atoms with Crippen molar-refractivity contribution in [1.29, 1.82) is 0 Å². The van der Waals surface area contributed by atoms with E-state index < -0.39 is 11.6 Å². The number of carbonyl (C=O) groups is 1. The van der Waals surface area contributed by atoms with E-state index in [0.717, 1.165) is 12.1 Å². The molecule has 1 heterocycles. The molecule has 0 saturated carbocycles. The van der Waals surface area contributed by atoms with Crippen LogP contribution in [0.15, 0.2) is 18.5 Å². The van der Waals surface area contributed by atoms with Crippen LogP contribution in [0.2, 0.25) is 0 Å². The van der Waals surface area contributed by atoms with Gasteiger partial charge in [0.2, 0.25) is 5.91 Å². The lowest BCUT2D eigenvalue weighted by Gasteiger charge is -2.04. The molecule has 1 N–H and O–H groups in total. The van der Waals surface area contributed by atoms with Gasteiger partial charge in [-0.15, -0.1) is 6.42 Å². The van der Waals surface area contributed by atoms with E-state index in [2.05, 4.69) is 16.2 Å². The average molecular weight is 249 g/mol. The Morgan fingerprint density at radius 2 is 2.17 bits per heavy atom. The molecule has 18 heavy (non-hydrogen) atoms. The third-order valence-corrected chi connectivity index (χ3v) is 2.36. The van der Waals surface area contributed by atoms with E-state index in [1.807, 2.05) is 0 Å². The number of nitrogens with one attached hydrogen (secondary N) is 1. The number of carbonyl (C=O) groups excluding carboxylic acids is 1. The topological polar surface area (TPSA) is 46.9 Å². The minimum absolute atomic E-state index is 0.0523. The standard InChI is InChI=1S/C12H9F2N3O/c1-2-3-15-12(18)6-17-7-16-10-4-8(13)9(14)5-11(10)17/h1,4-5,7H,3,6H2,(H,15,18). The summed E-state index contributed by atoms with van der Waals surface area (Å²) in [6.07, 6.45) is 6.35. The normalized spacial score (nSPS) is 10.3. The molecule has 6 heteroatoms. The van der Waals surface area contributed by atoms with Gasteiger partial charge in [0.05, 0.1) is 23.9 Å². The molecule has 0 spiro atoms. The number of amides is 1. The number of imidazole rings is 1. The van der Waals surface area contributed by atoms with Crippen LogP contribution in [0.3, 0.4) is 0 Å². The van der Waals surface area contributed by atoms with Crippen molar-refractivity contribution in [3.63, 3.8) is 0 Å². The number of terminal acetylenes is 1. The van der Waals surface area contributed by atoms with Crippen molar-refractivity contribution in [2.75, 3.05) is 6.54 Å². The average Bonchev–Trinajstić information content (AvgIpc) is 2.70. The first kappa shape index (κ1) is 12.0. The first-order valence-electron chi connectivity index (χ1n) is 5.12. The smallest absolute Gasteiger partial charge is 0.240 e. The molecule has 0 radical (unpaired) electrons. The lowest BCUT2D eigenvalue weighted by atomic mass is 10.3. The SMILES string of the molecule is C#CCNC(=O)Cn1cnc2cc(F)c(F)cc21. The van der Waals surface area contributed by atoms with E-state index in [9.17, 15) is 13.6 Å². The Bertz CT molecular complexity index is 643. The van der Waals surface area contributed by atoms with Crippen molar-refractivity contribution < 1.29 is 13.6 Å². The monoisotopic (exact) mass is 249 g/mol. The number of hydrogen-bond acceptors (Lipinski definition) is 2. The van der Waals surface area contributed by atoms with Crippen LogP contribution >= 0.6 is 0 Å². The van der Waals surface area contributed by atoms with E-state index in [1.54, 1.807) is 0 Å². The second-order valence-corrected chi connectivity index (χ2v) is 3.61. The van der Waals surface area contributed by atoms with Crippen LogP contribution in [-0.2, 0) is 11.3 Å². The molecular weight excluding hydrogens is 240 g/mol. The summed E-state index contributed by atoms with van der Waals surface area (Å²) in [6.45, 7) is 0.0672. The lowest BCUT2D eigenvalue weighted by Crippen LogP contribution is -2.27. The summed E-state index contributed by atoms with van der Waals surface area (Å²) in [5.74, 6) is -0.00316. The molecule has 0 unspecified atom stereocenters. The summed E-state index contributed by atoms with van der Waals surface area (Å²) in [4.78, 5) is 15.3. The minimum Gasteiger partial charge on any atom is -0.344 e. The highest BCUT2D eigenvalue weighted by atomic mass is 19.2. The maximum Gasteiger partial charge on any atom is 0.240 e. The maximum atomic E-state index is 13.1. The van der Waals surface area contributed by atoms with Gasteiger partial charge in [-0.2, -0.15) is 0 Å². The summed E-state index contributed by atoms with van der Waals surface area (Å²) in [6, 6.07) is 1.99. The Labute approximate surface area is 102 Å². The van der Waals surface area contributed by atoms with Gasteiger partial charge in [-0.05, 0) is 0 Å². The molecule has 0 bridgehead atoms. The van der Waals surface area contributed by atoms with E-state index >= 15 is 0 Å². The van der Waals surface area contributed by atoms with Gasteiger partial charge in [0.25, 0.3) is 0 Å². The zero-order valence-corrected chi connectivity index (χ0v) is 9.28. The van der Waals surface area contributed by atoms with Gasteiger partial charge >= 0.3 is 0 Å². The number of halogens is 2. The molecule has 2 rings (SSSR count). The van der Waals surface area contributed by atoms with Crippen LogP contribution in [0, 0.1) is 24.0 Å². The van der Waals surface area contributed by atoms with E-state index in [1.165, 1.54) is 10.9 Å². The molecule has 0 aliphatic carbocycles. The zero-order chi connectivity index (χ0) is 13.1. The fourth-order valence-electron chi connectivity index (χ4n) is 1.54. The van der Waals surface area contributed by atoms with Gasteiger partial charge in [-0.1, -0.05) is 5.92 Å². The molecular formula is C12H9F2N3O. The van der Waals surface area contributed by atoms with Crippen LogP contribution in [0.25, 0.3) is 11.0 Å². The number of benzene rings is 1. The van der Waals surface area contributed by atoms with Gasteiger partial charge in [0.1, 0.15) is 6.54 Å². The molecule has 1 amide bonds. The van der Waals surface area contributed by atoms with Crippen molar-refractivity contribution >= 4 is 16.9 Å².